The molecule has 1 aromatic rings. The van der Waals surface area contributed by atoms with Gasteiger partial charge in [0.1, 0.15) is 0 Å². The summed E-state index contributed by atoms with van der Waals surface area (Å²) in [6.45, 7) is 21.2. The largest absolute Gasteiger partial charge is 0.281 e. The molecule has 0 aromatic heterocycles. The molecular formula is C21H34N2O2P4S. The summed E-state index contributed by atoms with van der Waals surface area (Å²) in [5.74, 6) is 0. The first-order chi connectivity index (χ1) is 13.4. The second kappa shape index (κ2) is 5.65. The van der Waals surface area contributed by atoms with E-state index in [-0.39, 0.29) is 41.0 Å². The van der Waals surface area contributed by atoms with Gasteiger partial charge >= 0.3 is 0 Å². The van der Waals surface area contributed by atoms with Crippen LogP contribution >= 0.6 is 29.9 Å². The van der Waals surface area contributed by atoms with Crippen LogP contribution in [0.2, 0.25) is 0 Å². The summed E-state index contributed by atoms with van der Waals surface area (Å²) in [5.41, 5.74) is 1.42. The topological polar surface area (TPSA) is 49.7 Å². The lowest BCUT2D eigenvalue weighted by Crippen LogP contribution is -2.41. The molecule has 5 aliphatic rings. The second-order valence-electron chi connectivity index (χ2n) is 12.1. The molecule has 30 heavy (non-hydrogen) atoms. The molecule has 4 nitrogen and oxygen atoms in total. The van der Waals surface area contributed by atoms with Crippen LogP contribution in [-0.4, -0.2) is 27.7 Å². The van der Waals surface area contributed by atoms with Crippen LogP contribution in [0.5, 0.6) is 0 Å². The average Bonchev–Trinajstić information content (AvgIpc) is 3.20. The van der Waals surface area contributed by atoms with E-state index >= 15 is 0 Å². The van der Waals surface area contributed by atoms with Crippen LogP contribution in [0, 0.1) is 17.8 Å². The van der Waals surface area contributed by atoms with E-state index in [9.17, 15) is 8.42 Å². The van der Waals surface area contributed by atoms with Gasteiger partial charge in [-0.15, -0.1) is 0 Å². The maximum Gasteiger partial charge on any atom is 0.281 e. The van der Waals surface area contributed by atoms with Crippen molar-refractivity contribution >= 4 is 39.9 Å². The zero-order valence-corrected chi connectivity index (χ0v) is 24.1. The Balaban J connectivity index is 1.78. The van der Waals surface area contributed by atoms with Gasteiger partial charge in [-0.2, -0.15) is 12.6 Å². The molecule has 6 atom stereocenters. The van der Waals surface area contributed by atoms with Crippen LogP contribution in [0.25, 0.3) is 0 Å². The Morgan fingerprint density at radius 3 is 1.83 bits per heavy atom. The van der Waals surface area contributed by atoms with E-state index in [1.807, 2.05) is 19.1 Å². The first-order valence-corrected chi connectivity index (χ1v) is 19.1. The Bertz CT molecular complexity index is 1090. The molecule has 0 radical (unpaired) electrons. The second-order valence-corrected chi connectivity index (χ2v) is 29.6. The Morgan fingerprint density at radius 1 is 0.900 bits per heavy atom. The number of sulfonamides is 1. The molecule has 5 saturated heterocycles. The minimum absolute atomic E-state index is 0.0966. The van der Waals surface area contributed by atoms with Crippen molar-refractivity contribution in [3.8, 4) is 0 Å². The molecule has 6 rings (SSSR count). The summed E-state index contributed by atoms with van der Waals surface area (Å²) in [6.07, 6.45) is 0. The Morgan fingerprint density at radius 2 is 1.40 bits per heavy atom. The van der Waals surface area contributed by atoms with Gasteiger partial charge in [-0.25, -0.2) is 4.44 Å². The van der Waals surface area contributed by atoms with Crippen molar-refractivity contribution in [1.29, 1.82) is 0 Å². The van der Waals surface area contributed by atoms with Gasteiger partial charge in [0.05, 0.1) is 20.9 Å². The van der Waals surface area contributed by atoms with E-state index < -0.39 is 24.5 Å². The standard InChI is InChI=1S/C21H34N2O2P4S/c1-15-11-13-16(14-12-15)30(24,25)22-29-20(17(2,3)4)26-21(29,18(5,6)7)28(29)23(27(20)26)19(8,9)10/h11-14H,1-10H3. The maximum absolute atomic E-state index is 13.7. The SMILES string of the molecule is Cc1ccc(S(=O)(=O)N=P23P4N(C(C)(C)C)P5P(C52C(C)(C)C)C43C(C)(C)C)cc1. The fourth-order valence-corrected chi connectivity index (χ4v) is 66.5. The third-order valence-electron chi connectivity index (χ3n) is 6.92. The van der Waals surface area contributed by atoms with Crippen molar-refractivity contribution in [2.75, 3.05) is 0 Å². The molecule has 5 fully saturated rings. The molecular weight excluding hydrogens is 468 g/mol. The molecule has 6 unspecified atom stereocenters. The van der Waals surface area contributed by atoms with Crippen molar-refractivity contribution in [2.45, 2.75) is 88.9 Å². The van der Waals surface area contributed by atoms with E-state index in [2.05, 4.69) is 66.8 Å². The van der Waals surface area contributed by atoms with Crippen LogP contribution in [0.4, 0.5) is 0 Å². The molecule has 2 bridgehead atoms. The lowest BCUT2D eigenvalue weighted by atomic mass is 9.98. The molecule has 0 aliphatic carbocycles. The van der Waals surface area contributed by atoms with E-state index in [0.29, 0.717) is 4.90 Å². The van der Waals surface area contributed by atoms with Gasteiger partial charge in [-0.1, -0.05) is 59.2 Å². The Hall–Kier alpha value is 0.650. The van der Waals surface area contributed by atoms with Crippen molar-refractivity contribution in [1.82, 2.24) is 4.44 Å². The lowest BCUT2D eigenvalue weighted by molar-refractivity contribution is 0.365. The molecule has 9 heteroatoms. The highest BCUT2D eigenvalue weighted by atomic mass is 32.3. The Labute approximate surface area is 186 Å². The quantitative estimate of drug-likeness (QED) is 0.381. The van der Waals surface area contributed by atoms with Gasteiger partial charge in [-0.05, 0) is 58.3 Å². The smallest absolute Gasteiger partial charge is 0.243 e. The zero-order valence-electron chi connectivity index (χ0n) is 19.7. The summed E-state index contributed by atoms with van der Waals surface area (Å²) >= 11 is 0. The average molecular weight is 502 g/mol. The van der Waals surface area contributed by atoms with Crippen LogP contribution in [0.1, 0.15) is 67.9 Å². The summed E-state index contributed by atoms with van der Waals surface area (Å²) in [5, 5.41) is 0. The fraction of sp³-hybridized carbons (Fsp3) is 0.714. The van der Waals surface area contributed by atoms with Gasteiger partial charge in [-0.3, -0.25) is 0 Å². The molecule has 0 spiro atoms. The molecule has 0 amide bonds. The number of hydrogen-bond acceptors (Lipinski definition) is 3. The number of nitrogens with zero attached hydrogens (tertiary/aromatic N) is 2. The number of hydrogen-bond donors (Lipinski definition) is 0. The first kappa shape index (κ1) is 22.4. The van der Waals surface area contributed by atoms with Crippen LogP contribution in [0.3, 0.4) is 0 Å². The van der Waals surface area contributed by atoms with E-state index in [0.717, 1.165) is 5.56 Å². The normalized spacial score (nSPS) is 41.9. The van der Waals surface area contributed by atoms with Gasteiger partial charge < -0.3 is 0 Å². The number of benzene rings is 1. The van der Waals surface area contributed by atoms with Crippen molar-refractivity contribution in [3.63, 3.8) is 0 Å². The Kier molecular flexibility index (Phi) is 4.22. The van der Waals surface area contributed by atoms with Gasteiger partial charge in [0.15, 0.2) is 0 Å². The van der Waals surface area contributed by atoms with Crippen molar-refractivity contribution < 1.29 is 8.42 Å². The summed E-state index contributed by atoms with van der Waals surface area (Å²) in [7, 11) is -4.50. The van der Waals surface area contributed by atoms with Crippen LogP contribution in [-0.2, 0) is 10.0 Å². The zero-order chi connectivity index (χ0) is 22.5. The lowest BCUT2D eigenvalue weighted by Gasteiger charge is -2.47. The summed E-state index contributed by atoms with van der Waals surface area (Å²) in [6, 6.07) is 7.28. The number of rotatable bonds is 2. The molecule has 1 aromatic carbocycles. The van der Waals surface area contributed by atoms with Gasteiger partial charge in [0, 0.05) is 21.1 Å². The molecule has 5 heterocycles. The third-order valence-corrected chi connectivity index (χ3v) is 42.3. The maximum atomic E-state index is 13.7. The van der Waals surface area contributed by atoms with E-state index in [4.69, 9.17) is 4.15 Å². The highest BCUT2D eigenvalue weighted by molar-refractivity contribution is 8.86. The predicted molar refractivity (Wildman–Crippen MR) is 134 cm³/mol. The summed E-state index contributed by atoms with van der Waals surface area (Å²) in [4.78, 5) is 0.376. The van der Waals surface area contributed by atoms with Crippen molar-refractivity contribution in [2.24, 2.45) is 15.0 Å². The summed E-state index contributed by atoms with van der Waals surface area (Å²) < 4.78 is 35.7. The first-order valence-electron chi connectivity index (χ1n) is 10.6. The number of aryl methyl sites for hydroxylation is 1. The molecule has 0 saturated carbocycles. The van der Waals surface area contributed by atoms with Crippen LogP contribution < -0.4 is 0 Å². The molecule has 5 aliphatic heterocycles. The highest BCUT2D eigenvalue weighted by Crippen LogP contribution is 3.55. The third kappa shape index (κ3) is 2.08. The minimum Gasteiger partial charge on any atom is -0.243 e. The van der Waals surface area contributed by atoms with E-state index in [1.54, 1.807) is 12.1 Å². The monoisotopic (exact) mass is 502 g/mol. The van der Waals surface area contributed by atoms with Gasteiger partial charge in [0.2, 0.25) is 0 Å². The molecule has 166 valence electrons. The van der Waals surface area contributed by atoms with Crippen LogP contribution in [0.15, 0.2) is 33.3 Å². The molecule has 0 N–H and O–H groups in total. The fourth-order valence-electron chi connectivity index (χ4n) is 5.97. The minimum atomic E-state index is -3.65. The predicted octanol–water partition coefficient (Wildman–Crippen LogP) is 8.55. The highest BCUT2D eigenvalue weighted by Gasteiger charge is 3.16. The van der Waals surface area contributed by atoms with Gasteiger partial charge in [0.25, 0.3) is 10.0 Å². The van der Waals surface area contributed by atoms with E-state index in [1.165, 1.54) is 0 Å². The van der Waals surface area contributed by atoms with Crippen molar-refractivity contribution in [3.05, 3.63) is 29.8 Å².